The van der Waals surface area contributed by atoms with Gasteiger partial charge in [0.25, 0.3) is 0 Å². The van der Waals surface area contributed by atoms with Crippen molar-refractivity contribution in [1.29, 1.82) is 0 Å². The molecule has 3 N–H and O–H groups in total. The summed E-state index contributed by atoms with van der Waals surface area (Å²) in [5, 5.41) is 8.66. The van der Waals surface area contributed by atoms with Gasteiger partial charge in [0.15, 0.2) is 0 Å². The zero-order chi connectivity index (χ0) is 10.6. The maximum absolute atomic E-state index is 10.6. The molecule has 1 aromatic carbocycles. The molecule has 0 heterocycles. The summed E-state index contributed by atoms with van der Waals surface area (Å²) in [7, 11) is 0. The zero-order valence-corrected chi connectivity index (χ0v) is 7.97. The molecule has 1 unspecified atom stereocenters. The van der Waals surface area contributed by atoms with E-state index in [0.717, 1.165) is 5.56 Å². The first-order chi connectivity index (χ1) is 6.61. The van der Waals surface area contributed by atoms with Crippen LogP contribution >= 0.6 is 0 Å². The molecule has 0 aliphatic rings. The van der Waals surface area contributed by atoms with Crippen LogP contribution in [-0.2, 0) is 4.79 Å². The molecule has 3 heteroatoms. The molecule has 0 amide bonds. The lowest BCUT2D eigenvalue weighted by Gasteiger charge is -2.06. The van der Waals surface area contributed by atoms with E-state index in [4.69, 9.17) is 10.8 Å². The van der Waals surface area contributed by atoms with Gasteiger partial charge in [-0.25, -0.2) is 0 Å². The molecule has 1 aromatic rings. The second-order valence-electron chi connectivity index (χ2n) is 3.11. The van der Waals surface area contributed by atoms with Crippen LogP contribution in [0.25, 0.3) is 6.08 Å². The predicted octanol–water partition coefficient (Wildman–Crippen LogP) is 1.50. The van der Waals surface area contributed by atoms with Gasteiger partial charge in [-0.1, -0.05) is 36.4 Å². The number of aliphatic carboxylic acids is 1. The lowest BCUT2D eigenvalue weighted by molar-refractivity contribution is -0.137. The van der Waals surface area contributed by atoms with Crippen LogP contribution < -0.4 is 5.73 Å². The van der Waals surface area contributed by atoms with Crippen molar-refractivity contribution in [3.8, 4) is 0 Å². The van der Waals surface area contributed by atoms with Gasteiger partial charge >= 0.3 is 5.97 Å². The lowest BCUT2D eigenvalue weighted by Crippen LogP contribution is -2.30. The minimum absolute atomic E-state index is 0.642. The molecule has 3 nitrogen and oxygen atoms in total. The average molecular weight is 191 g/mol. The van der Waals surface area contributed by atoms with Crippen LogP contribution in [0.4, 0.5) is 0 Å². The van der Waals surface area contributed by atoms with E-state index in [-0.39, 0.29) is 0 Å². The normalized spacial score (nSPS) is 13.7. The quantitative estimate of drug-likeness (QED) is 0.761. The van der Waals surface area contributed by atoms with Crippen molar-refractivity contribution in [3.05, 3.63) is 41.5 Å². The fourth-order valence-electron chi connectivity index (χ4n) is 1.10. The third-order valence-corrected chi connectivity index (χ3v) is 1.95. The largest absolute Gasteiger partial charge is 0.480 e. The third kappa shape index (κ3) is 2.71. The van der Waals surface area contributed by atoms with Crippen molar-refractivity contribution in [2.24, 2.45) is 5.73 Å². The molecule has 14 heavy (non-hydrogen) atoms. The predicted molar refractivity (Wildman–Crippen MR) is 55.7 cm³/mol. The molecule has 0 spiro atoms. The van der Waals surface area contributed by atoms with E-state index >= 15 is 0 Å². The summed E-state index contributed by atoms with van der Waals surface area (Å²) in [5.41, 5.74) is 7.04. The van der Waals surface area contributed by atoms with Crippen molar-refractivity contribution in [2.75, 3.05) is 0 Å². The molecule has 0 aromatic heterocycles. The Morgan fingerprint density at radius 2 is 2.00 bits per heavy atom. The molecule has 1 rings (SSSR count). The molecule has 0 saturated carbocycles. The molecule has 0 fully saturated rings. The van der Waals surface area contributed by atoms with Gasteiger partial charge in [0, 0.05) is 0 Å². The Labute approximate surface area is 82.9 Å². The van der Waals surface area contributed by atoms with Crippen LogP contribution in [0.5, 0.6) is 0 Å². The molecule has 0 aliphatic carbocycles. The number of hydrogen-bond acceptors (Lipinski definition) is 2. The summed E-state index contributed by atoms with van der Waals surface area (Å²) in [6, 6.07) is 8.58. The van der Waals surface area contributed by atoms with Crippen LogP contribution in [0.15, 0.2) is 35.9 Å². The number of carboxylic acid groups (broad SMARTS) is 1. The Kier molecular flexibility index (Phi) is 3.42. The Morgan fingerprint density at radius 1 is 1.43 bits per heavy atom. The van der Waals surface area contributed by atoms with Crippen molar-refractivity contribution in [1.82, 2.24) is 0 Å². The number of rotatable bonds is 3. The SMILES string of the molecule is C/C(=C\c1ccccc1)C(N)C(=O)O. The first-order valence-electron chi connectivity index (χ1n) is 4.33. The van der Waals surface area contributed by atoms with Gasteiger partial charge in [0.2, 0.25) is 0 Å². The summed E-state index contributed by atoms with van der Waals surface area (Å²) in [5.74, 6) is -1.00. The third-order valence-electron chi connectivity index (χ3n) is 1.95. The van der Waals surface area contributed by atoms with Crippen molar-refractivity contribution < 1.29 is 9.90 Å². The van der Waals surface area contributed by atoms with E-state index in [9.17, 15) is 4.79 Å². The highest BCUT2D eigenvalue weighted by Gasteiger charge is 2.12. The van der Waals surface area contributed by atoms with Crippen LogP contribution in [0, 0.1) is 0 Å². The summed E-state index contributed by atoms with van der Waals surface area (Å²) in [6.07, 6.45) is 1.78. The van der Waals surface area contributed by atoms with Crippen molar-refractivity contribution in [3.63, 3.8) is 0 Å². The van der Waals surface area contributed by atoms with Gasteiger partial charge in [-0.2, -0.15) is 0 Å². The second-order valence-corrected chi connectivity index (χ2v) is 3.11. The summed E-state index contributed by atoms with van der Waals surface area (Å²) < 4.78 is 0. The van der Waals surface area contributed by atoms with E-state index in [1.165, 1.54) is 0 Å². The fourth-order valence-corrected chi connectivity index (χ4v) is 1.10. The Balaban J connectivity index is 2.84. The lowest BCUT2D eigenvalue weighted by atomic mass is 10.1. The second kappa shape index (κ2) is 4.58. The van der Waals surface area contributed by atoms with Crippen molar-refractivity contribution in [2.45, 2.75) is 13.0 Å². The zero-order valence-electron chi connectivity index (χ0n) is 7.97. The Bertz CT molecular complexity index is 344. The van der Waals surface area contributed by atoms with E-state index in [0.29, 0.717) is 5.57 Å². The maximum atomic E-state index is 10.6. The fraction of sp³-hybridized carbons (Fsp3) is 0.182. The van der Waals surface area contributed by atoms with E-state index in [2.05, 4.69) is 0 Å². The van der Waals surface area contributed by atoms with Gasteiger partial charge in [0.1, 0.15) is 6.04 Å². The first kappa shape index (κ1) is 10.5. The molecule has 74 valence electrons. The molecule has 1 atom stereocenters. The molecule has 0 saturated heterocycles. The van der Waals surface area contributed by atoms with Crippen LogP contribution in [0.1, 0.15) is 12.5 Å². The Morgan fingerprint density at radius 3 is 2.50 bits per heavy atom. The summed E-state index contributed by atoms with van der Waals surface area (Å²) in [4.78, 5) is 10.6. The van der Waals surface area contributed by atoms with Crippen LogP contribution in [0.3, 0.4) is 0 Å². The Hall–Kier alpha value is -1.61. The van der Waals surface area contributed by atoms with E-state index < -0.39 is 12.0 Å². The number of hydrogen-bond donors (Lipinski definition) is 2. The molecular formula is C11H13NO2. The van der Waals surface area contributed by atoms with Crippen molar-refractivity contribution >= 4 is 12.0 Å². The summed E-state index contributed by atoms with van der Waals surface area (Å²) in [6.45, 7) is 1.71. The van der Waals surface area contributed by atoms with Crippen LogP contribution in [-0.4, -0.2) is 17.1 Å². The van der Waals surface area contributed by atoms with Gasteiger partial charge < -0.3 is 10.8 Å². The number of nitrogens with two attached hydrogens (primary N) is 1. The highest BCUT2D eigenvalue weighted by atomic mass is 16.4. The summed E-state index contributed by atoms with van der Waals surface area (Å²) >= 11 is 0. The van der Waals surface area contributed by atoms with E-state index in [1.807, 2.05) is 30.3 Å². The monoisotopic (exact) mass is 191 g/mol. The standard InChI is InChI=1S/C11H13NO2/c1-8(10(12)11(13)14)7-9-5-3-2-4-6-9/h2-7,10H,12H2,1H3,(H,13,14)/b8-7+. The molecule has 0 radical (unpaired) electrons. The molecular weight excluding hydrogens is 178 g/mol. The van der Waals surface area contributed by atoms with Crippen LogP contribution in [0.2, 0.25) is 0 Å². The van der Waals surface area contributed by atoms with Gasteiger partial charge in [-0.15, -0.1) is 0 Å². The van der Waals surface area contributed by atoms with Gasteiger partial charge in [-0.05, 0) is 18.1 Å². The minimum Gasteiger partial charge on any atom is -0.480 e. The van der Waals surface area contributed by atoms with Gasteiger partial charge in [0.05, 0.1) is 0 Å². The first-order valence-corrected chi connectivity index (χ1v) is 4.33. The smallest absolute Gasteiger partial charge is 0.324 e. The topological polar surface area (TPSA) is 63.3 Å². The average Bonchev–Trinajstić information content (AvgIpc) is 2.18. The minimum atomic E-state index is -1.00. The number of carbonyl (C=O) groups is 1. The highest BCUT2D eigenvalue weighted by Crippen LogP contribution is 2.08. The van der Waals surface area contributed by atoms with E-state index in [1.54, 1.807) is 13.0 Å². The number of carboxylic acids is 1. The maximum Gasteiger partial charge on any atom is 0.324 e. The molecule has 0 bridgehead atoms. The molecule has 0 aliphatic heterocycles. The number of benzene rings is 1. The highest BCUT2D eigenvalue weighted by molar-refractivity contribution is 5.79. The van der Waals surface area contributed by atoms with Gasteiger partial charge in [-0.3, -0.25) is 4.79 Å².